The Kier molecular flexibility index (Phi) is 4.84. The van der Waals surface area contributed by atoms with Crippen molar-refractivity contribution in [3.05, 3.63) is 59.7 Å². The van der Waals surface area contributed by atoms with E-state index in [9.17, 15) is 13.6 Å². The molecular weight excluding hydrogens is 278 g/mol. The predicted octanol–water partition coefficient (Wildman–Crippen LogP) is 2.44. The molecule has 0 aliphatic carbocycles. The minimum Gasteiger partial charge on any atom is -0.484 e. The molecule has 110 valence electrons. The number of benzene rings is 2. The van der Waals surface area contributed by atoms with Crippen LogP contribution >= 0.6 is 0 Å². The minimum absolute atomic E-state index is 0.0630. The number of halogens is 2. The molecule has 2 aromatic rings. The maximum atomic E-state index is 13.3. The smallest absolute Gasteiger partial charge is 0.262 e. The largest absolute Gasteiger partial charge is 0.484 e. The fraction of sp³-hybridized carbons (Fsp3) is 0.133. The van der Waals surface area contributed by atoms with Gasteiger partial charge >= 0.3 is 0 Å². The summed E-state index contributed by atoms with van der Waals surface area (Å²) in [5.74, 6) is -1.39. The summed E-state index contributed by atoms with van der Waals surface area (Å²) < 4.78 is 31.8. The van der Waals surface area contributed by atoms with Gasteiger partial charge in [0.2, 0.25) is 0 Å². The molecule has 1 amide bonds. The summed E-state index contributed by atoms with van der Waals surface area (Å²) in [6.07, 6.45) is 0. The fourth-order valence-electron chi connectivity index (χ4n) is 1.72. The van der Waals surface area contributed by atoms with Crippen molar-refractivity contribution in [3.63, 3.8) is 0 Å². The van der Waals surface area contributed by atoms with Gasteiger partial charge in [0, 0.05) is 12.6 Å². The maximum Gasteiger partial charge on any atom is 0.262 e. The summed E-state index contributed by atoms with van der Waals surface area (Å²) in [5.41, 5.74) is 6.04. The monoisotopic (exact) mass is 292 g/mol. The van der Waals surface area contributed by atoms with Gasteiger partial charge in [0.15, 0.2) is 6.61 Å². The van der Waals surface area contributed by atoms with Gasteiger partial charge in [0.1, 0.15) is 17.4 Å². The average molecular weight is 292 g/mol. The van der Waals surface area contributed by atoms with Crippen LogP contribution in [-0.4, -0.2) is 12.5 Å². The van der Waals surface area contributed by atoms with Gasteiger partial charge in [-0.3, -0.25) is 4.79 Å². The van der Waals surface area contributed by atoms with E-state index in [1.165, 1.54) is 24.3 Å². The zero-order valence-electron chi connectivity index (χ0n) is 11.1. The lowest BCUT2D eigenvalue weighted by molar-refractivity contribution is -0.118. The molecule has 0 aliphatic heterocycles. The van der Waals surface area contributed by atoms with Crippen molar-refractivity contribution in [1.29, 1.82) is 0 Å². The Morgan fingerprint density at radius 3 is 2.67 bits per heavy atom. The molecule has 0 saturated carbocycles. The Balaban J connectivity index is 1.95. The molecule has 0 aliphatic rings. The number of ether oxygens (including phenoxy) is 1. The van der Waals surface area contributed by atoms with Crippen LogP contribution in [0.3, 0.4) is 0 Å². The molecule has 2 rings (SSSR count). The lowest BCUT2D eigenvalue weighted by Gasteiger charge is -2.09. The molecule has 0 radical (unpaired) electrons. The van der Waals surface area contributed by atoms with Gasteiger partial charge in [0.25, 0.3) is 5.91 Å². The number of nitrogens with two attached hydrogens (primary N) is 1. The first-order chi connectivity index (χ1) is 10.1. The topological polar surface area (TPSA) is 64.3 Å². The molecular formula is C15H14F2N2O2. The zero-order chi connectivity index (χ0) is 15.2. The summed E-state index contributed by atoms with van der Waals surface area (Å²) in [4.78, 5) is 11.7. The first-order valence-electron chi connectivity index (χ1n) is 6.25. The van der Waals surface area contributed by atoms with Crippen molar-refractivity contribution in [2.45, 2.75) is 6.54 Å². The molecule has 0 unspecified atom stereocenters. The van der Waals surface area contributed by atoms with E-state index >= 15 is 0 Å². The molecule has 3 N–H and O–H groups in total. The van der Waals surface area contributed by atoms with Crippen LogP contribution in [0.25, 0.3) is 0 Å². The average Bonchev–Trinajstić information content (AvgIpc) is 2.47. The molecule has 6 heteroatoms. The zero-order valence-corrected chi connectivity index (χ0v) is 11.1. The Hall–Kier alpha value is -2.47. The number of anilines is 1. The van der Waals surface area contributed by atoms with Gasteiger partial charge in [-0.25, -0.2) is 8.78 Å². The van der Waals surface area contributed by atoms with E-state index in [0.717, 1.165) is 6.07 Å². The van der Waals surface area contributed by atoms with E-state index in [0.29, 0.717) is 5.56 Å². The second-order valence-corrected chi connectivity index (χ2v) is 4.32. The quantitative estimate of drug-likeness (QED) is 0.889. The van der Waals surface area contributed by atoms with Crippen molar-refractivity contribution >= 4 is 11.6 Å². The number of hydrogen-bond acceptors (Lipinski definition) is 3. The molecule has 0 aromatic heterocycles. The van der Waals surface area contributed by atoms with E-state index in [4.69, 9.17) is 10.5 Å². The standard InChI is InChI=1S/C15H14F2N2O2/c16-11-5-10(8-18)6-12(7-11)21-9-15(20)19-14-4-2-1-3-13(14)17/h1-7H,8-9,18H2,(H,19,20). The van der Waals surface area contributed by atoms with Crippen molar-refractivity contribution in [1.82, 2.24) is 0 Å². The van der Waals surface area contributed by atoms with Gasteiger partial charge in [-0.1, -0.05) is 12.1 Å². The first kappa shape index (κ1) is 14.9. The molecule has 2 aromatic carbocycles. The predicted molar refractivity (Wildman–Crippen MR) is 74.8 cm³/mol. The number of nitrogens with one attached hydrogen (secondary N) is 1. The lowest BCUT2D eigenvalue weighted by Crippen LogP contribution is -2.20. The normalized spacial score (nSPS) is 10.2. The van der Waals surface area contributed by atoms with Crippen LogP contribution in [0.2, 0.25) is 0 Å². The molecule has 0 spiro atoms. The summed E-state index contributed by atoms with van der Waals surface area (Å²) in [7, 11) is 0. The van der Waals surface area contributed by atoms with Crippen molar-refractivity contribution in [3.8, 4) is 5.75 Å². The van der Waals surface area contributed by atoms with Crippen molar-refractivity contribution < 1.29 is 18.3 Å². The SMILES string of the molecule is NCc1cc(F)cc(OCC(=O)Nc2ccccc2F)c1. The van der Waals surface area contributed by atoms with E-state index in [1.54, 1.807) is 12.1 Å². The molecule has 0 atom stereocenters. The second-order valence-electron chi connectivity index (χ2n) is 4.32. The summed E-state index contributed by atoms with van der Waals surface area (Å²) >= 11 is 0. The Morgan fingerprint density at radius 2 is 1.95 bits per heavy atom. The van der Waals surface area contributed by atoms with Gasteiger partial charge in [-0.05, 0) is 29.8 Å². The van der Waals surface area contributed by atoms with Crippen LogP contribution < -0.4 is 15.8 Å². The summed E-state index contributed by atoms with van der Waals surface area (Å²) in [6, 6.07) is 9.75. The van der Waals surface area contributed by atoms with Crippen molar-refractivity contribution in [2.75, 3.05) is 11.9 Å². The number of rotatable bonds is 5. The molecule has 0 fully saturated rings. The second kappa shape index (κ2) is 6.81. The number of carbonyl (C=O) groups excluding carboxylic acids is 1. The van der Waals surface area contributed by atoms with Crippen LogP contribution in [0, 0.1) is 11.6 Å². The summed E-state index contributed by atoms with van der Waals surface area (Å²) in [5, 5.41) is 2.37. The highest BCUT2D eigenvalue weighted by Gasteiger charge is 2.08. The lowest BCUT2D eigenvalue weighted by atomic mass is 10.2. The molecule has 0 bridgehead atoms. The molecule has 0 heterocycles. The highest BCUT2D eigenvalue weighted by atomic mass is 19.1. The van der Waals surface area contributed by atoms with Gasteiger partial charge in [-0.2, -0.15) is 0 Å². The Bertz CT molecular complexity index is 647. The van der Waals surface area contributed by atoms with Crippen LogP contribution in [0.4, 0.5) is 14.5 Å². The number of para-hydroxylation sites is 1. The fourth-order valence-corrected chi connectivity index (χ4v) is 1.72. The number of carbonyl (C=O) groups is 1. The number of amides is 1. The van der Waals surface area contributed by atoms with E-state index in [2.05, 4.69) is 5.32 Å². The summed E-state index contributed by atoms with van der Waals surface area (Å²) in [6.45, 7) is -0.197. The minimum atomic E-state index is -0.543. The van der Waals surface area contributed by atoms with E-state index in [1.807, 2.05) is 0 Å². The highest BCUT2D eigenvalue weighted by molar-refractivity contribution is 5.91. The molecule has 4 nitrogen and oxygen atoms in total. The van der Waals surface area contributed by atoms with E-state index in [-0.39, 0.29) is 24.6 Å². The number of hydrogen-bond donors (Lipinski definition) is 2. The Labute approximate surface area is 120 Å². The molecule has 0 saturated heterocycles. The van der Waals surface area contributed by atoms with Crippen LogP contribution in [0.5, 0.6) is 5.75 Å². The van der Waals surface area contributed by atoms with Gasteiger partial charge < -0.3 is 15.8 Å². The third-order valence-corrected chi connectivity index (χ3v) is 2.68. The maximum absolute atomic E-state index is 13.3. The van der Waals surface area contributed by atoms with Crippen LogP contribution in [0.15, 0.2) is 42.5 Å². The van der Waals surface area contributed by atoms with Gasteiger partial charge in [-0.15, -0.1) is 0 Å². The third kappa shape index (κ3) is 4.25. The first-order valence-corrected chi connectivity index (χ1v) is 6.25. The molecule has 21 heavy (non-hydrogen) atoms. The Morgan fingerprint density at radius 1 is 1.19 bits per heavy atom. The highest BCUT2D eigenvalue weighted by Crippen LogP contribution is 2.16. The van der Waals surface area contributed by atoms with E-state index < -0.39 is 17.5 Å². The van der Waals surface area contributed by atoms with Crippen LogP contribution in [-0.2, 0) is 11.3 Å². The third-order valence-electron chi connectivity index (χ3n) is 2.68. The van der Waals surface area contributed by atoms with Crippen molar-refractivity contribution in [2.24, 2.45) is 5.73 Å². The van der Waals surface area contributed by atoms with Gasteiger partial charge in [0.05, 0.1) is 5.69 Å². The van der Waals surface area contributed by atoms with Crippen LogP contribution in [0.1, 0.15) is 5.56 Å².